The molecule has 0 aliphatic carbocycles. The number of methoxy groups -OCH3 is 3. The molecule has 0 spiro atoms. The van der Waals surface area contributed by atoms with Crippen molar-refractivity contribution in [3.8, 4) is 28.7 Å². The summed E-state index contributed by atoms with van der Waals surface area (Å²) in [5.41, 5.74) is 1.16. The molecule has 0 bridgehead atoms. The third-order valence-electron chi connectivity index (χ3n) is 3.78. The number of thioether (sulfide) groups is 1. The molecule has 0 aliphatic rings. The number of para-hydroxylation sites is 1. The topological polar surface area (TPSA) is 83.7 Å². The van der Waals surface area contributed by atoms with E-state index in [4.69, 9.17) is 18.6 Å². The summed E-state index contributed by atoms with van der Waals surface area (Å²) in [7, 11) is 4.66. The van der Waals surface area contributed by atoms with Gasteiger partial charge >= 0.3 is 0 Å². The van der Waals surface area contributed by atoms with Crippen LogP contribution >= 0.6 is 11.8 Å². The van der Waals surface area contributed by atoms with E-state index < -0.39 is 0 Å². The van der Waals surface area contributed by atoms with Crippen molar-refractivity contribution in [3.63, 3.8) is 0 Å². The molecule has 27 heavy (non-hydrogen) atoms. The van der Waals surface area contributed by atoms with E-state index >= 15 is 0 Å². The van der Waals surface area contributed by atoms with Gasteiger partial charge in [0.25, 0.3) is 11.1 Å². The first-order chi connectivity index (χ1) is 13.2. The van der Waals surface area contributed by atoms with E-state index in [-0.39, 0.29) is 11.5 Å². The van der Waals surface area contributed by atoms with Crippen molar-refractivity contribution in [1.82, 2.24) is 10.2 Å². The molecule has 8 heteroatoms. The first-order valence-corrected chi connectivity index (χ1v) is 8.99. The van der Waals surface area contributed by atoms with Crippen LogP contribution in [0.15, 0.2) is 52.1 Å². The average molecular weight is 386 g/mol. The van der Waals surface area contributed by atoms with Crippen LogP contribution in [0.3, 0.4) is 0 Å². The van der Waals surface area contributed by atoms with Gasteiger partial charge in [-0.25, -0.2) is 0 Å². The van der Waals surface area contributed by atoms with Crippen LogP contribution in [0, 0.1) is 0 Å². The molecule has 0 saturated heterocycles. The summed E-state index contributed by atoms with van der Waals surface area (Å²) in [5.74, 6) is 2.13. The van der Waals surface area contributed by atoms with Crippen molar-refractivity contribution < 1.29 is 23.4 Å². The summed E-state index contributed by atoms with van der Waals surface area (Å²) < 4.78 is 21.4. The maximum atomic E-state index is 12.4. The summed E-state index contributed by atoms with van der Waals surface area (Å²) in [6, 6.07) is 12.4. The zero-order chi connectivity index (χ0) is 19.2. The van der Waals surface area contributed by atoms with Crippen LogP contribution in [0.4, 0.5) is 0 Å². The SMILES string of the molecule is COc1ccc(-c2nnc(SCC(=O)c3ccccc3OC)o2)c(OC)c1. The Labute approximate surface area is 160 Å². The van der Waals surface area contributed by atoms with Gasteiger partial charge in [0, 0.05) is 6.07 Å². The van der Waals surface area contributed by atoms with Gasteiger partial charge in [0.1, 0.15) is 17.2 Å². The number of carbonyl (C=O) groups is 1. The Hall–Kier alpha value is -3.00. The van der Waals surface area contributed by atoms with Gasteiger partial charge in [0.15, 0.2) is 5.78 Å². The Morgan fingerprint density at radius 1 is 1.00 bits per heavy atom. The highest BCUT2D eigenvalue weighted by Crippen LogP contribution is 2.33. The van der Waals surface area contributed by atoms with Crippen LogP contribution in [0.5, 0.6) is 17.2 Å². The van der Waals surface area contributed by atoms with Gasteiger partial charge in [-0.3, -0.25) is 4.79 Å². The van der Waals surface area contributed by atoms with E-state index in [2.05, 4.69) is 10.2 Å². The summed E-state index contributed by atoms with van der Waals surface area (Å²) in [4.78, 5) is 12.4. The van der Waals surface area contributed by atoms with Crippen molar-refractivity contribution in [1.29, 1.82) is 0 Å². The van der Waals surface area contributed by atoms with Gasteiger partial charge in [-0.2, -0.15) is 0 Å². The van der Waals surface area contributed by atoms with Crippen molar-refractivity contribution >= 4 is 17.5 Å². The number of ether oxygens (including phenoxy) is 3. The molecule has 0 aliphatic heterocycles. The minimum Gasteiger partial charge on any atom is -0.497 e. The summed E-state index contributed by atoms with van der Waals surface area (Å²) in [6.45, 7) is 0. The fourth-order valence-corrected chi connectivity index (χ4v) is 3.08. The number of carbonyl (C=O) groups excluding carboxylic acids is 1. The van der Waals surface area contributed by atoms with Gasteiger partial charge in [0.05, 0.1) is 38.2 Å². The van der Waals surface area contributed by atoms with Gasteiger partial charge in [-0.1, -0.05) is 23.9 Å². The first-order valence-electron chi connectivity index (χ1n) is 8.01. The maximum Gasteiger partial charge on any atom is 0.277 e. The van der Waals surface area contributed by atoms with E-state index in [0.29, 0.717) is 39.5 Å². The van der Waals surface area contributed by atoms with Crippen molar-refractivity contribution in [2.24, 2.45) is 0 Å². The predicted octanol–water partition coefficient (Wildman–Crippen LogP) is 3.74. The number of hydrogen-bond acceptors (Lipinski definition) is 8. The lowest BCUT2D eigenvalue weighted by molar-refractivity contribution is 0.101. The van der Waals surface area contributed by atoms with Crippen LogP contribution < -0.4 is 14.2 Å². The standard InChI is InChI=1S/C19H18N2O5S/c1-23-12-8-9-14(17(10-12)25-3)18-20-21-19(26-18)27-11-15(22)13-6-4-5-7-16(13)24-2/h4-10H,11H2,1-3H3. The Bertz CT molecular complexity index is 941. The van der Waals surface area contributed by atoms with E-state index in [1.165, 1.54) is 18.9 Å². The Morgan fingerprint density at radius 2 is 1.78 bits per heavy atom. The molecule has 0 radical (unpaired) electrons. The molecule has 0 N–H and O–H groups in total. The smallest absolute Gasteiger partial charge is 0.277 e. The molecule has 2 aromatic carbocycles. The summed E-state index contributed by atoms with van der Waals surface area (Å²) >= 11 is 1.17. The van der Waals surface area contributed by atoms with Gasteiger partial charge < -0.3 is 18.6 Å². The molecular weight excluding hydrogens is 368 g/mol. The molecule has 0 atom stereocenters. The predicted molar refractivity (Wildman–Crippen MR) is 101 cm³/mol. The maximum absolute atomic E-state index is 12.4. The van der Waals surface area contributed by atoms with Gasteiger partial charge in [0.2, 0.25) is 0 Å². The van der Waals surface area contributed by atoms with E-state index in [0.717, 1.165) is 0 Å². The Kier molecular flexibility index (Phi) is 5.97. The van der Waals surface area contributed by atoms with Crippen LogP contribution in [-0.2, 0) is 0 Å². The zero-order valence-electron chi connectivity index (χ0n) is 15.1. The van der Waals surface area contributed by atoms with Gasteiger partial charge in [-0.05, 0) is 24.3 Å². The monoisotopic (exact) mass is 386 g/mol. The highest BCUT2D eigenvalue weighted by molar-refractivity contribution is 7.99. The molecule has 0 amide bonds. The number of hydrogen-bond donors (Lipinski definition) is 0. The number of aromatic nitrogens is 2. The molecule has 0 unspecified atom stereocenters. The molecule has 140 valence electrons. The van der Waals surface area contributed by atoms with Crippen LogP contribution in [0.25, 0.3) is 11.5 Å². The largest absolute Gasteiger partial charge is 0.497 e. The lowest BCUT2D eigenvalue weighted by Crippen LogP contribution is -2.04. The summed E-state index contributed by atoms with van der Waals surface area (Å²) in [5, 5.41) is 8.33. The van der Waals surface area contributed by atoms with Gasteiger partial charge in [-0.15, -0.1) is 10.2 Å². The van der Waals surface area contributed by atoms with Crippen LogP contribution in [0.1, 0.15) is 10.4 Å². The zero-order valence-corrected chi connectivity index (χ0v) is 15.9. The van der Waals surface area contributed by atoms with Crippen molar-refractivity contribution in [2.75, 3.05) is 27.1 Å². The van der Waals surface area contributed by atoms with Crippen LogP contribution in [0.2, 0.25) is 0 Å². The third-order valence-corrected chi connectivity index (χ3v) is 4.60. The second kappa shape index (κ2) is 8.59. The molecule has 7 nitrogen and oxygen atoms in total. The summed E-state index contributed by atoms with van der Waals surface area (Å²) in [6.07, 6.45) is 0. The molecule has 3 aromatic rings. The number of rotatable bonds is 8. The highest BCUT2D eigenvalue weighted by atomic mass is 32.2. The number of nitrogens with zero attached hydrogens (tertiary/aromatic N) is 2. The van der Waals surface area contributed by atoms with Crippen molar-refractivity contribution in [3.05, 3.63) is 48.0 Å². The molecule has 0 fully saturated rings. The van der Waals surface area contributed by atoms with Crippen LogP contribution in [-0.4, -0.2) is 43.1 Å². The third kappa shape index (κ3) is 4.22. The minimum atomic E-state index is -0.0840. The Balaban J connectivity index is 1.72. The lowest BCUT2D eigenvalue weighted by Gasteiger charge is -2.07. The number of benzene rings is 2. The molecule has 3 rings (SSSR count). The first kappa shape index (κ1) is 18.8. The second-order valence-electron chi connectivity index (χ2n) is 5.35. The fourth-order valence-electron chi connectivity index (χ4n) is 2.43. The molecular formula is C19H18N2O5S. The molecule has 1 aromatic heterocycles. The van der Waals surface area contributed by atoms with E-state index in [1.807, 2.05) is 6.07 Å². The highest BCUT2D eigenvalue weighted by Gasteiger charge is 2.17. The van der Waals surface area contributed by atoms with E-state index in [9.17, 15) is 4.79 Å². The Morgan fingerprint density at radius 3 is 2.52 bits per heavy atom. The number of Topliss-reactive ketones (excluding diaryl/α,β-unsaturated/α-hetero) is 1. The van der Waals surface area contributed by atoms with Crippen molar-refractivity contribution in [2.45, 2.75) is 5.22 Å². The minimum absolute atomic E-state index is 0.0840. The molecule has 1 heterocycles. The lowest BCUT2D eigenvalue weighted by atomic mass is 10.1. The number of ketones is 1. The fraction of sp³-hybridized carbons (Fsp3) is 0.211. The average Bonchev–Trinajstić information content (AvgIpc) is 3.20. The second-order valence-corrected chi connectivity index (χ2v) is 6.28. The quantitative estimate of drug-likeness (QED) is 0.428. The molecule has 0 saturated carbocycles. The normalized spacial score (nSPS) is 10.5. The van der Waals surface area contributed by atoms with E-state index in [1.54, 1.807) is 50.6 Å².